The second-order valence-corrected chi connectivity index (χ2v) is 6.56. The SMILES string of the molecule is COc1ccccc1CCC(=O)NNC(=O)CSc1ccc(C)cc1. The summed E-state index contributed by atoms with van der Waals surface area (Å²) in [5.74, 6) is 0.528. The van der Waals surface area contributed by atoms with Crippen molar-refractivity contribution in [2.24, 2.45) is 0 Å². The van der Waals surface area contributed by atoms with Crippen LogP contribution < -0.4 is 15.6 Å². The van der Waals surface area contributed by atoms with E-state index in [2.05, 4.69) is 10.9 Å². The summed E-state index contributed by atoms with van der Waals surface area (Å²) in [5, 5.41) is 0. The van der Waals surface area contributed by atoms with Crippen LogP contribution in [0.2, 0.25) is 0 Å². The molecular formula is C19H22N2O3S. The first-order valence-electron chi connectivity index (χ1n) is 7.97. The lowest BCUT2D eigenvalue weighted by Gasteiger charge is -2.09. The lowest BCUT2D eigenvalue weighted by Crippen LogP contribution is -2.42. The number of carbonyl (C=O) groups excluding carboxylic acids is 2. The monoisotopic (exact) mass is 358 g/mol. The van der Waals surface area contributed by atoms with Crippen molar-refractivity contribution in [3.63, 3.8) is 0 Å². The average Bonchev–Trinajstić information content (AvgIpc) is 2.64. The van der Waals surface area contributed by atoms with Crippen molar-refractivity contribution < 1.29 is 14.3 Å². The highest BCUT2D eigenvalue weighted by Gasteiger charge is 2.08. The van der Waals surface area contributed by atoms with Crippen molar-refractivity contribution in [3.8, 4) is 5.75 Å². The molecule has 2 aromatic rings. The summed E-state index contributed by atoms with van der Waals surface area (Å²) in [6.07, 6.45) is 0.815. The molecule has 2 rings (SSSR count). The molecule has 0 fully saturated rings. The molecule has 5 nitrogen and oxygen atoms in total. The first-order chi connectivity index (χ1) is 12.1. The van der Waals surface area contributed by atoms with Gasteiger partial charge in [0, 0.05) is 11.3 Å². The van der Waals surface area contributed by atoms with E-state index in [-0.39, 0.29) is 24.0 Å². The van der Waals surface area contributed by atoms with Gasteiger partial charge in [0.2, 0.25) is 11.8 Å². The first kappa shape index (κ1) is 18.9. The number of thioether (sulfide) groups is 1. The molecule has 0 aliphatic carbocycles. The summed E-state index contributed by atoms with van der Waals surface area (Å²) < 4.78 is 5.25. The maximum atomic E-state index is 11.9. The number of benzene rings is 2. The largest absolute Gasteiger partial charge is 0.496 e. The van der Waals surface area contributed by atoms with Crippen molar-refractivity contribution in [1.82, 2.24) is 10.9 Å². The number of hydrogen-bond acceptors (Lipinski definition) is 4. The Bertz CT molecular complexity index is 717. The summed E-state index contributed by atoms with van der Waals surface area (Å²) in [6.45, 7) is 2.02. The Morgan fingerprint density at radius 1 is 1.00 bits per heavy atom. The molecule has 0 radical (unpaired) electrons. The third-order valence-electron chi connectivity index (χ3n) is 3.55. The van der Waals surface area contributed by atoms with Crippen LogP contribution in [-0.4, -0.2) is 24.7 Å². The molecule has 0 saturated heterocycles. The molecule has 25 heavy (non-hydrogen) atoms. The number of rotatable bonds is 7. The van der Waals surface area contributed by atoms with Gasteiger partial charge in [-0.2, -0.15) is 0 Å². The highest BCUT2D eigenvalue weighted by Crippen LogP contribution is 2.19. The number of hydrazine groups is 1. The quantitative estimate of drug-likeness (QED) is 0.590. The molecular weight excluding hydrogens is 336 g/mol. The minimum atomic E-state index is -0.240. The molecule has 6 heteroatoms. The van der Waals surface area contributed by atoms with Crippen LogP contribution in [0.25, 0.3) is 0 Å². The van der Waals surface area contributed by atoms with E-state index in [0.717, 1.165) is 16.2 Å². The third kappa shape index (κ3) is 6.51. The lowest BCUT2D eigenvalue weighted by molar-refractivity contribution is -0.127. The zero-order valence-electron chi connectivity index (χ0n) is 14.4. The Morgan fingerprint density at radius 2 is 1.68 bits per heavy atom. The van der Waals surface area contributed by atoms with Gasteiger partial charge in [0.25, 0.3) is 0 Å². The third-order valence-corrected chi connectivity index (χ3v) is 4.56. The average molecular weight is 358 g/mol. The highest BCUT2D eigenvalue weighted by atomic mass is 32.2. The summed E-state index contributed by atoms with van der Waals surface area (Å²) in [4.78, 5) is 24.7. The van der Waals surface area contributed by atoms with Crippen LogP contribution in [0.5, 0.6) is 5.75 Å². The van der Waals surface area contributed by atoms with E-state index in [1.165, 1.54) is 17.3 Å². The van der Waals surface area contributed by atoms with Crippen LogP contribution in [-0.2, 0) is 16.0 Å². The van der Waals surface area contributed by atoms with Gasteiger partial charge in [-0.15, -0.1) is 11.8 Å². The molecule has 2 aromatic carbocycles. The molecule has 0 aliphatic rings. The van der Waals surface area contributed by atoms with Crippen molar-refractivity contribution in [3.05, 3.63) is 59.7 Å². The highest BCUT2D eigenvalue weighted by molar-refractivity contribution is 8.00. The number of methoxy groups -OCH3 is 1. The van der Waals surface area contributed by atoms with Crippen molar-refractivity contribution >= 4 is 23.6 Å². The van der Waals surface area contributed by atoms with Gasteiger partial charge in [-0.25, -0.2) is 0 Å². The Balaban J connectivity index is 1.68. The van der Waals surface area contributed by atoms with Crippen molar-refractivity contribution in [2.45, 2.75) is 24.7 Å². The van der Waals surface area contributed by atoms with E-state index >= 15 is 0 Å². The van der Waals surface area contributed by atoms with Gasteiger partial charge in [-0.1, -0.05) is 35.9 Å². The van der Waals surface area contributed by atoms with Gasteiger partial charge in [-0.05, 0) is 37.1 Å². The van der Waals surface area contributed by atoms with E-state index in [4.69, 9.17) is 4.74 Å². The van der Waals surface area contributed by atoms with Crippen LogP contribution in [0.15, 0.2) is 53.4 Å². The molecule has 0 spiro atoms. The molecule has 0 unspecified atom stereocenters. The Hall–Kier alpha value is -2.47. The minimum Gasteiger partial charge on any atom is -0.496 e. The van der Waals surface area contributed by atoms with Crippen LogP contribution in [0.3, 0.4) is 0 Å². The fourth-order valence-electron chi connectivity index (χ4n) is 2.18. The number of para-hydroxylation sites is 1. The number of nitrogens with one attached hydrogen (secondary N) is 2. The van der Waals surface area contributed by atoms with Crippen LogP contribution in [0.4, 0.5) is 0 Å². The second-order valence-electron chi connectivity index (χ2n) is 5.51. The summed E-state index contributed by atoms with van der Waals surface area (Å²) in [5.41, 5.74) is 7.02. The molecule has 0 aromatic heterocycles. The first-order valence-corrected chi connectivity index (χ1v) is 8.96. The predicted octanol–water partition coefficient (Wildman–Crippen LogP) is 2.88. The Kier molecular flexibility index (Phi) is 7.35. The summed E-state index contributed by atoms with van der Waals surface area (Å²) in [6, 6.07) is 15.5. The molecule has 2 N–H and O–H groups in total. The van der Waals surface area contributed by atoms with E-state index in [0.29, 0.717) is 6.42 Å². The van der Waals surface area contributed by atoms with Gasteiger partial charge < -0.3 is 4.74 Å². The summed E-state index contributed by atoms with van der Waals surface area (Å²) >= 11 is 1.42. The van der Waals surface area contributed by atoms with Gasteiger partial charge in [0.05, 0.1) is 12.9 Å². The van der Waals surface area contributed by atoms with Gasteiger partial charge in [-0.3, -0.25) is 20.4 Å². The smallest absolute Gasteiger partial charge is 0.248 e. The molecule has 0 bridgehead atoms. The maximum Gasteiger partial charge on any atom is 0.248 e. The zero-order valence-corrected chi connectivity index (χ0v) is 15.2. The van der Waals surface area contributed by atoms with Crippen molar-refractivity contribution in [2.75, 3.05) is 12.9 Å². The fourth-order valence-corrected chi connectivity index (χ4v) is 2.88. The molecule has 0 saturated carbocycles. The van der Waals surface area contributed by atoms with Crippen LogP contribution in [0, 0.1) is 6.92 Å². The molecule has 0 atom stereocenters. The van der Waals surface area contributed by atoms with Crippen LogP contribution in [0.1, 0.15) is 17.5 Å². The van der Waals surface area contributed by atoms with Gasteiger partial charge in [0.1, 0.15) is 5.75 Å². The molecule has 0 aliphatic heterocycles. The van der Waals surface area contributed by atoms with E-state index in [1.54, 1.807) is 7.11 Å². The molecule has 0 heterocycles. The topological polar surface area (TPSA) is 67.4 Å². The van der Waals surface area contributed by atoms with E-state index in [1.807, 2.05) is 55.5 Å². The fraction of sp³-hybridized carbons (Fsp3) is 0.263. The van der Waals surface area contributed by atoms with Gasteiger partial charge >= 0.3 is 0 Å². The van der Waals surface area contributed by atoms with E-state index < -0.39 is 0 Å². The van der Waals surface area contributed by atoms with Gasteiger partial charge in [0.15, 0.2) is 0 Å². The Labute approximate surface area is 152 Å². The standard InChI is InChI=1S/C19H22N2O3S/c1-14-7-10-16(11-8-14)25-13-19(23)21-20-18(22)12-9-15-5-3-4-6-17(15)24-2/h3-8,10-11H,9,12-13H2,1-2H3,(H,20,22)(H,21,23). The predicted molar refractivity (Wildman–Crippen MR) is 99.5 cm³/mol. The number of aryl methyl sites for hydroxylation is 2. The molecule has 132 valence electrons. The molecule has 2 amide bonds. The number of amides is 2. The maximum absolute atomic E-state index is 11.9. The second kappa shape index (κ2) is 9.74. The normalized spacial score (nSPS) is 10.2. The lowest BCUT2D eigenvalue weighted by atomic mass is 10.1. The van der Waals surface area contributed by atoms with Crippen LogP contribution >= 0.6 is 11.8 Å². The van der Waals surface area contributed by atoms with E-state index in [9.17, 15) is 9.59 Å². The number of ether oxygens (including phenoxy) is 1. The van der Waals surface area contributed by atoms with Crippen molar-refractivity contribution in [1.29, 1.82) is 0 Å². The number of hydrogen-bond donors (Lipinski definition) is 2. The Morgan fingerprint density at radius 3 is 2.40 bits per heavy atom. The minimum absolute atomic E-state index is 0.236. The number of carbonyl (C=O) groups is 2. The zero-order chi connectivity index (χ0) is 18.1. The summed E-state index contributed by atoms with van der Waals surface area (Å²) in [7, 11) is 1.60.